The van der Waals surface area contributed by atoms with Crippen molar-refractivity contribution in [1.29, 1.82) is 0 Å². The Balaban J connectivity index is 1.69. The van der Waals surface area contributed by atoms with Crippen LogP contribution < -0.4 is 4.72 Å². The molecule has 0 radical (unpaired) electrons. The zero-order valence-corrected chi connectivity index (χ0v) is 18.2. The molecule has 0 spiro atoms. The van der Waals surface area contributed by atoms with Gasteiger partial charge in [0.25, 0.3) is 0 Å². The van der Waals surface area contributed by atoms with Crippen LogP contribution in [0.15, 0.2) is 29.2 Å². The van der Waals surface area contributed by atoms with Crippen molar-refractivity contribution in [2.45, 2.75) is 87.6 Å². The van der Waals surface area contributed by atoms with Crippen LogP contribution in [0.1, 0.15) is 71.1 Å². The molecule has 2 aliphatic rings. The molecule has 0 atom stereocenters. The van der Waals surface area contributed by atoms with Gasteiger partial charge >= 0.3 is 0 Å². The monoisotopic (exact) mass is 426 g/mol. The van der Waals surface area contributed by atoms with Gasteiger partial charge < -0.3 is 4.90 Å². The molecule has 0 unspecified atom stereocenters. The maximum absolute atomic E-state index is 13.1. The molecule has 28 heavy (non-hydrogen) atoms. The van der Waals surface area contributed by atoms with Crippen molar-refractivity contribution in [3.63, 3.8) is 0 Å². The Morgan fingerprint density at radius 2 is 1.89 bits per heavy atom. The molecule has 0 aliphatic heterocycles. The fourth-order valence-corrected chi connectivity index (χ4v) is 5.92. The second-order valence-corrected chi connectivity index (χ2v) is 10.4. The van der Waals surface area contributed by atoms with E-state index in [0.717, 1.165) is 25.8 Å². The van der Waals surface area contributed by atoms with Crippen molar-refractivity contribution in [2.24, 2.45) is 0 Å². The number of carbonyl (C=O) groups is 1. The molecule has 1 aromatic carbocycles. The highest BCUT2D eigenvalue weighted by atomic mass is 35.5. The standard InChI is InChI=1S/C21H31ClN2O3S/c1-2-14-24(18-9-5-3-4-6-10-18)20(25)16-21(12-13-21)23-28(26,27)19-11-7-8-17(22)15-19/h7-8,11,15,18,23H,2-6,9-10,12-14,16H2,1H3. The van der Waals surface area contributed by atoms with E-state index in [0.29, 0.717) is 23.9 Å². The maximum Gasteiger partial charge on any atom is 0.241 e. The van der Waals surface area contributed by atoms with Gasteiger partial charge in [-0.15, -0.1) is 0 Å². The molecule has 5 nitrogen and oxygen atoms in total. The zero-order valence-electron chi connectivity index (χ0n) is 16.6. The first kappa shape index (κ1) is 21.6. The second kappa shape index (κ2) is 9.14. The number of hydrogen-bond donors (Lipinski definition) is 1. The van der Waals surface area contributed by atoms with Crippen molar-refractivity contribution < 1.29 is 13.2 Å². The molecule has 3 rings (SSSR count). The smallest absolute Gasteiger partial charge is 0.241 e. The van der Waals surface area contributed by atoms with Crippen LogP contribution in [0.5, 0.6) is 0 Å². The van der Waals surface area contributed by atoms with Crippen LogP contribution in [0.2, 0.25) is 5.02 Å². The summed E-state index contributed by atoms with van der Waals surface area (Å²) in [4.78, 5) is 15.3. The Morgan fingerprint density at radius 3 is 2.46 bits per heavy atom. The van der Waals surface area contributed by atoms with E-state index in [-0.39, 0.29) is 17.2 Å². The van der Waals surface area contributed by atoms with Gasteiger partial charge in [-0.2, -0.15) is 0 Å². The summed E-state index contributed by atoms with van der Waals surface area (Å²) in [7, 11) is -3.70. The number of rotatable bonds is 8. The highest BCUT2D eigenvalue weighted by Crippen LogP contribution is 2.41. The largest absolute Gasteiger partial charge is 0.340 e. The molecule has 1 amide bonds. The van der Waals surface area contributed by atoms with Gasteiger partial charge in [0.2, 0.25) is 15.9 Å². The summed E-state index contributed by atoms with van der Waals surface area (Å²) < 4.78 is 28.3. The van der Waals surface area contributed by atoms with Crippen LogP contribution in [-0.2, 0) is 14.8 Å². The van der Waals surface area contributed by atoms with E-state index in [1.807, 2.05) is 4.90 Å². The number of benzene rings is 1. The lowest BCUT2D eigenvalue weighted by Gasteiger charge is -2.32. The summed E-state index contributed by atoms with van der Waals surface area (Å²) in [6, 6.07) is 6.54. The molecule has 1 aromatic rings. The highest BCUT2D eigenvalue weighted by molar-refractivity contribution is 7.89. The zero-order chi connectivity index (χ0) is 20.2. The van der Waals surface area contributed by atoms with E-state index in [2.05, 4.69) is 11.6 Å². The topological polar surface area (TPSA) is 66.5 Å². The van der Waals surface area contributed by atoms with Crippen molar-refractivity contribution in [1.82, 2.24) is 9.62 Å². The summed E-state index contributed by atoms with van der Waals surface area (Å²) >= 11 is 5.94. The number of sulfonamides is 1. The van der Waals surface area contributed by atoms with Gasteiger partial charge in [0.15, 0.2) is 0 Å². The number of nitrogens with one attached hydrogen (secondary N) is 1. The van der Waals surface area contributed by atoms with Gasteiger partial charge in [-0.1, -0.05) is 50.3 Å². The van der Waals surface area contributed by atoms with Crippen molar-refractivity contribution in [3.8, 4) is 0 Å². The average Bonchev–Trinajstić information content (AvgIpc) is 3.43. The lowest BCUT2D eigenvalue weighted by atomic mass is 10.0. The Morgan fingerprint density at radius 1 is 1.21 bits per heavy atom. The summed E-state index contributed by atoms with van der Waals surface area (Å²) in [5, 5.41) is 0.381. The quantitative estimate of drug-likeness (QED) is 0.622. The molecule has 2 fully saturated rings. The van der Waals surface area contributed by atoms with Crippen LogP contribution in [0.25, 0.3) is 0 Å². The molecule has 156 valence electrons. The number of halogens is 1. The lowest BCUT2D eigenvalue weighted by molar-refractivity contribution is -0.134. The molecule has 2 aliphatic carbocycles. The fourth-order valence-electron chi connectivity index (χ4n) is 4.16. The Bertz CT molecular complexity index is 785. The maximum atomic E-state index is 13.1. The highest BCUT2D eigenvalue weighted by Gasteiger charge is 2.48. The Labute approximate surface area is 173 Å². The predicted octanol–water partition coefficient (Wildman–Crippen LogP) is 4.50. The number of amides is 1. The Kier molecular flexibility index (Phi) is 7.05. The van der Waals surface area contributed by atoms with E-state index >= 15 is 0 Å². The summed E-state index contributed by atoms with van der Waals surface area (Å²) in [5.41, 5.74) is -0.644. The average molecular weight is 427 g/mol. The van der Waals surface area contributed by atoms with Gasteiger partial charge in [0, 0.05) is 29.6 Å². The predicted molar refractivity (Wildman–Crippen MR) is 112 cm³/mol. The number of nitrogens with zero attached hydrogens (tertiary/aromatic N) is 1. The molecule has 0 saturated heterocycles. The molecular weight excluding hydrogens is 396 g/mol. The first-order chi connectivity index (χ1) is 13.4. The normalized spacial score (nSPS) is 19.8. The van der Waals surface area contributed by atoms with E-state index in [9.17, 15) is 13.2 Å². The van der Waals surface area contributed by atoms with E-state index < -0.39 is 15.6 Å². The molecule has 2 saturated carbocycles. The number of carbonyl (C=O) groups excluding carboxylic acids is 1. The van der Waals surface area contributed by atoms with Gasteiger partial charge in [0.05, 0.1) is 4.90 Å². The first-order valence-corrected chi connectivity index (χ1v) is 12.3. The van der Waals surface area contributed by atoms with Crippen molar-refractivity contribution in [3.05, 3.63) is 29.3 Å². The van der Waals surface area contributed by atoms with E-state index in [1.54, 1.807) is 12.1 Å². The number of hydrogen-bond acceptors (Lipinski definition) is 3. The molecule has 1 N–H and O–H groups in total. The third kappa shape index (κ3) is 5.49. The van der Waals surface area contributed by atoms with Gasteiger partial charge in [-0.25, -0.2) is 13.1 Å². The third-order valence-electron chi connectivity index (χ3n) is 5.85. The minimum Gasteiger partial charge on any atom is -0.340 e. The summed E-state index contributed by atoms with van der Waals surface area (Å²) in [5.74, 6) is 0.0834. The van der Waals surface area contributed by atoms with Gasteiger partial charge in [-0.3, -0.25) is 4.79 Å². The fraction of sp³-hybridized carbons (Fsp3) is 0.667. The Hall–Kier alpha value is -1.11. The van der Waals surface area contributed by atoms with Crippen LogP contribution in [0, 0.1) is 0 Å². The minimum atomic E-state index is -3.70. The molecule has 0 heterocycles. The van der Waals surface area contributed by atoms with E-state index in [4.69, 9.17) is 11.6 Å². The van der Waals surface area contributed by atoms with Gasteiger partial charge in [0.1, 0.15) is 0 Å². The van der Waals surface area contributed by atoms with Crippen LogP contribution in [0.3, 0.4) is 0 Å². The van der Waals surface area contributed by atoms with Crippen molar-refractivity contribution >= 4 is 27.5 Å². The molecule has 7 heteroatoms. The van der Waals surface area contributed by atoms with Crippen molar-refractivity contribution in [2.75, 3.05) is 6.54 Å². The van der Waals surface area contributed by atoms with Crippen LogP contribution >= 0.6 is 11.6 Å². The summed E-state index contributed by atoms with van der Waals surface area (Å²) in [6.45, 7) is 2.84. The van der Waals surface area contributed by atoms with E-state index in [1.165, 1.54) is 37.8 Å². The van der Waals surface area contributed by atoms with Crippen LogP contribution in [-0.4, -0.2) is 37.4 Å². The second-order valence-electron chi connectivity index (χ2n) is 8.25. The minimum absolute atomic E-state index is 0.0834. The van der Waals surface area contributed by atoms with Crippen LogP contribution in [0.4, 0.5) is 0 Å². The molecule has 0 bridgehead atoms. The lowest BCUT2D eigenvalue weighted by Crippen LogP contribution is -2.46. The third-order valence-corrected chi connectivity index (χ3v) is 7.66. The molecular formula is C21H31ClN2O3S. The molecule has 0 aromatic heterocycles. The van der Waals surface area contributed by atoms with Gasteiger partial charge in [-0.05, 0) is 50.3 Å². The summed E-state index contributed by atoms with van der Waals surface area (Å²) in [6.07, 6.45) is 9.51. The SMILES string of the molecule is CCCN(C(=O)CC1(NS(=O)(=O)c2cccc(Cl)c2)CC1)C1CCCCCC1. The first-order valence-electron chi connectivity index (χ1n) is 10.4.